The van der Waals surface area contributed by atoms with Crippen LogP contribution in [0.2, 0.25) is 0 Å². The Bertz CT molecular complexity index is 621. The van der Waals surface area contributed by atoms with Crippen LogP contribution in [0.3, 0.4) is 0 Å². The third kappa shape index (κ3) is 3.37. The minimum atomic E-state index is 0.257. The Hall–Kier alpha value is -2.00. The van der Waals surface area contributed by atoms with Crippen molar-refractivity contribution >= 4 is 24.1 Å². The van der Waals surface area contributed by atoms with E-state index in [0.29, 0.717) is 0 Å². The van der Waals surface area contributed by atoms with Crippen molar-refractivity contribution in [3.8, 4) is 0 Å². The Morgan fingerprint density at radius 2 is 1.86 bits per heavy atom. The molecule has 2 aromatic rings. The summed E-state index contributed by atoms with van der Waals surface area (Å²) in [5.41, 5.74) is 5.13. The van der Waals surface area contributed by atoms with Crippen LogP contribution in [0, 0.1) is 0 Å². The molecule has 2 nitrogen and oxygen atoms in total. The maximum atomic E-state index is 5.10. The number of ether oxygens (including phenoxy) is 1. The molecule has 1 N–H and O–H groups in total. The zero-order valence-electron chi connectivity index (χ0n) is 12.4. The van der Waals surface area contributed by atoms with Gasteiger partial charge in [0.1, 0.15) is 0 Å². The smallest absolute Gasteiger partial charge is 0.313 e. The molecule has 1 heterocycles. The van der Waals surface area contributed by atoms with Gasteiger partial charge in [0.25, 0.3) is 0 Å². The first-order valence-electron chi connectivity index (χ1n) is 7.48. The molecule has 3 rings (SSSR count). The highest BCUT2D eigenvalue weighted by atomic mass is 16.5. The van der Waals surface area contributed by atoms with E-state index < -0.39 is 0 Å². The van der Waals surface area contributed by atoms with Gasteiger partial charge in [-0.3, -0.25) is 0 Å². The number of rotatable bonds is 5. The third-order valence-electron chi connectivity index (χ3n) is 3.89. The highest BCUT2D eigenvalue weighted by molar-refractivity contribution is 6.81. The first-order chi connectivity index (χ1) is 10.4. The average Bonchev–Trinajstić information content (AvgIpc) is 2.55. The standard InChI is InChI=1S/C18H20BNO/c1-21-14-4-5-15-8-10-17(11-9-15)19-13-12-16-6-2-3-7-18(16)20-19/h2-3,6-13,20H,4-5,14H2,1H3. The van der Waals surface area contributed by atoms with Crippen LogP contribution in [-0.4, -0.2) is 20.6 Å². The van der Waals surface area contributed by atoms with E-state index in [4.69, 9.17) is 4.74 Å². The van der Waals surface area contributed by atoms with Crippen molar-refractivity contribution in [3.05, 3.63) is 65.6 Å². The van der Waals surface area contributed by atoms with E-state index in [0.717, 1.165) is 19.4 Å². The fourth-order valence-electron chi connectivity index (χ4n) is 2.70. The number of anilines is 1. The molecule has 0 aromatic heterocycles. The molecule has 0 fully saturated rings. The molecule has 1 aliphatic rings. The van der Waals surface area contributed by atoms with Gasteiger partial charge in [-0.1, -0.05) is 60.0 Å². The van der Waals surface area contributed by atoms with Crippen LogP contribution in [0.15, 0.2) is 54.5 Å². The minimum Gasteiger partial charge on any atom is -0.420 e. The van der Waals surface area contributed by atoms with E-state index in [-0.39, 0.29) is 6.85 Å². The maximum Gasteiger partial charge on any atom is 0.313 e. The first-order valence-corrected chi connectivity index (χ1v) is 7.48. The lowest BCUT2D eigenvalue weighted by Crippen LogP contribution is -2.38. The van der Waals surface area contributed by atoms with E-state index >= 15 is 0 Å². The number of benzene rings is 2. The third-order valence-corrected chi connectivity index (χ3v) is 3.89. The molecule has 0 atom stereocenters. The summed E-state index contributed by atoms with van der Waals surface area (Å²) in [5, 5.41) is 3.58. The zero-order valence-corrected chi connectivity index (χ0v) is 12.4. The molecule has 0 saturated carbocycles. The number of hydrogen-bond donors (Lipinski definition) is 1. The highest BCUT2D eigenvalue weighted by Crippen LogP contribution is 2.21. The SMILES string of the molecule is COCCCc1ccc(B2C=Cc3ccccc3N2)cc1. The fraction of sp³-hybridized carbons (Fsp3) is 0.222. The second-order valence-electron chi connectivity index (χ2n) is 5.41. The van der Waals surface area contributed by atoms with Gasteiger partial charge < -0.3 is 9.96 Å². The Kier molecular flexibility index (Phi) is 4.41. The number of fused-ring (bicyclic) bond motifs is 1. The van der Waals surface area contributed by atoms with Crippen molar-refractivity contribution in [1.82, 2.24) is 0 Å². The number of para-hydroxylation sites is 1. The van der Waals surface area contributed by atoms with Gasteiger partial charge in [0, 0.05) is 19.4 Å². The first kappa shape index (κ1) is 14.0. The summed E-state index contributed by atoms with van der Waals surface area (Å²) in [4.78, 5) is 0. The molecule has 0 saturated heterocycles. The Labute approximate surface area is 126 Å². The molecule has 0 amide bonds. The molecule has 2 aromatic carbocycles. The van der Waals surface area contributed by atoms with Gasteiger partial charge in [-0.2, -0.15) is 0 Å². The Morgan fingerprint density at radius 3 is 2.67 bits per heavy atom. The summed E-state index contributed by atoms with van der Waals surface area (Å²) in [6.07, 6.45) is 4.35. The normalized spacial score (nSPS) is 12.9. The van der Waals surface area contributed by atoms with Crippen LogP contribution >= 0.6 is 0 Å². The predicted octanol–water partition coefficient (Wildman–Crippen LogP) is 3.14. The molecule has 0 unspecified atom stereocenters. The molecule has 21 heavy (non-hydrogen) atoms. The van der Waals surface area contributed by atoms with Gasteiger partial charge in [0.2, 0.25) is 0 Å². The molecule has 1 aliphatic heterocycles. The van der Waals surface area contributed by atoms with E-state index in [2.05, 4.69) is 65.8 Å². The summed E-state index contributed by atoms with van der Waals surface area (Å²) in [6.45, 7) is 1.08. The van der Waals surface area contributed by atoms with E-state index in [9.17, 15) is 0 Å². The number of nitrogens with one attached hydrogen (secondary N) is 1. The van der Waals surface area contributed by atoms with Crippen LogP contribution in [0.25, 0.3) is 6.08 Å². The van der Waals surface area contributed by atoms with Crippen molar-refractivity contribution < 1.29 is 4.74 Å². The van der Waals surface area contributed by atoms with Crippen LogP contribution < -0.4 is 10.7 Å². The van der Waals surface area contributed by atoms with E-state index in [1.807, 2.05) is 0 Å². The van der Waals surface area contributed by atoms with Gasteiger partial charge in [-0.05, 0) is 30.0 Å². The van der Waals surface area contributed by atoms with Crippen molar-refractivity contribution in [2.45, 2.75) is 12.8 Å². The summed E-state index contributed by atoms with van der Waals surface area (Å²) in [7, 11) is 1.75. The lowest BCUT2D eigenvalue weighted by Gasteiger charge is -2.20. The Balaban J connectivity index is 1.68. The highest BCUT2D eigenvalue weighted by Gasteiger charge is 2.18. The molecule has 0 bridgehead atoms. The van der Waals surface area contributed by atoms with Crippen molar-refractivity contribution in [2.75, 3.05) is 18.9 Å². The van der Waals surface area contributed by atoms with Crippen molar-refractivity contribution in [1.29, 1.82) is 0 Å². The molecule has 0 spiro atoms. The van der Waals surface area contributed by atoms with Crippen LogP contribution in [0.4, 0.5) is 5.69 Å². The van der Waals surface area contributed by atoms with Crippen LogP contribution in [0.5, 0.6) is 0 Å². The minimum absolute atomic E-state index is 0.257. The van der Waals surface area contributed by atoms with Gasteiger partial charge in [-0.15, -0.1) is 0 Å². The fourth-order valence-corrected chi connectivity index (χ4v) is 2.70. The topological polar surface area (TPSA) is 21.3 Å². The largest absolute Gasteiger partial charge is 0.420 e. The maximum absolute atomic E-state index is 5.10. The molecular weight excluding hydrogens is 257 g/mol. The second kappa shape index (κ2) is 6.64. The Morgan fingerprint density at radius 1 is 1.05 bits per heavy atom. The lowest BCUT2D eigenvalue weighted by atomic mass is 9.54. The summed E-state index contributed by atoms with van der Waals surface area (Å²) in [6, 6.07) is 17.3. The quantitative estimate of drug-likeness (QED) is 0.669. The number of hydrogen-bond acceptors (Lipinski definition) is 2. The molecule has 3 heteroatoms. The van der Waals surface area contributed by atoms with Gasteiger partial charge in [0.05, 0.1) is 0 Å². The average molecular weight is 277 g/mol. The predicted molar refractivity (Wildman–Crippen MR) is 91.1 cm³/mol. The lowest BCUT2D eigenvalue weighted by molar-refractivity contribution is 0.195. The number of aryl methyl sites for hydroxylation is 1. The molecule has 0 aliphatic carbocycles. The van der Waals surface area contributed by atoms with Crippen molar-refractivity contribution in [2.24, 2.45) is 0 Å². The molecular formula is C18H20BNO. The summed E-state index contributed by atoms with van der Waals surface area (Å²) < 4.78 is 5.10. The van der Waals surface area contributed by atoms with Gasteiger partial charge >= 0.3 is 6.85 Å². The summed E-state index contributed by atoms with van der Waals surface area (Å²) in [5.74, 6) is 2.22. The number of methoxy groups -OCH3 is 1. The molecule has 0 radical (unpaired) electrons. The summed E-state index contributed by atoms with van der Waals surface area (Å²) >= 11 is 0. The zero-order chi connectivity index (χ0) is 14.5. The van der Waals surface area contributed by atoms with E-state index in [1.54, 1.807) is 7.11 Å². The van der Waals surface area contributed by atoms with Crippen molar-refractivity contribution in [3.63, 3.8) is 0 Å². The second-order valence-corrected chi connectivity index (χ2v) is 5.41. The monoisotopic (exact) mass is 277 g/mol. The van der Waals surface area contributed by atoms with Gasteiger partial charge in [-0.25, -0.2) is 0 Å². The van der Waals surface area contributed by atoms with Gasteiger partial charge in [0.15, 0.2) is 0 Å². The molecule has 106 valence electrons. The van der Waals surface area contributed by atoms with E-state index in [1.165, 1.54) is 22.3 Å². The van der Waals surface area contributed by atoms with Crippen LogP contribution in [0.1, 0.15) is 17.5 Å². The van der Waals surface area contributed by atoms with Crippen LogP contribution in [-0.2, 0) is 11.2 Å².